The first kappa shape index (κ1) is 23.7. The van der Waals surface area contributed by atoms with Gasteiger partial charge in [0.2, 0.25) is 5.95 Å². The molecule has 2 aliphatic heterocycles. The Bertz CT molecular complexity index is 1310. The van der Waals surface area contributed by atoms with Crippen molar-refractivity contribution in [1.82, 2.24) is 19.8 Å². The molecule has 9 nitrogen and oxygen atoms in total. The Kier molecular flexibility index (Phi) is 6.81. The lowest BCUT2D eigenvalue weighted by Gasteiger charge is -2.29. The topological polar surface area (TPSA) is 90.9 Å². The van der Waals surface area contributed by atoms with E-state index in [-0.39, 0.29) is 17.9 Å². The van der Waals surface area contributed by atoms with Crippen LogP contribution in [0.15, 0.2) is 60.8 Å². The summed E-state index contributed by atoms with van der Waals surface area (Å²) in [5.74, 6) is 0.976. The lowest BCUT2D eigenvalue weighted by molar-refractivity contribution is -0.114. The number of hydrogen-bond acceptors (Lipinski definition) is 7. The summed E-state index contributed by atoms with van der Waals surface area (Å²) in [5, 5.41) is 4.36. The first-order valence-corrected chi connectivity index (χ1v) is 12.1. The second-order valence-electron chi connectivity index (χ2n) is 9.32. The summed E-state index contributed by atoms with van der Waals surface area (Å²) in [6.07, 6.45) is 6.05. The van der Waals surface area contributed by atoms with Crippen LogP contribution in [-0.4, -0.2) is 84.5 Å². The van der Waals surface area contributed by atoms with Crippen molar-refractivity contribution in [3.63, 3.8) is 0 Å². The quantitative estimate of drug-likeness (QED) is 0.536. The number of aromatic nitrogens is 2. The predicted octanol–water partition coefficient (Wildman–Crippen LogP) is 2.80. The van der Waals surface area contributed by atoms with Gasteiger partial charge >= 0.3 is 0 Å². The van der Waals surface area contributed by atoms with Crippen LogP contribution in [0.2, 0.25) is 0 Å². The highest BCUT2D eigenvalue weighted by molar-refractivity contribution is 6.03. The molecule has 9 heteroatoms. The molecule has 1 saturated heterocycles. The number of benzene rings is 2. The van der Waals surface area contributed by atoms with Crippen molar-refractivity contribution < 1.29 is 14.3 Å². The molecule has 1 atom stereocenters. The number of amides is 2. The number of carbonyl (C=O) groups is 2. The van der Waals surface area contributed by atoms with E-state index in [0.717, 1.165) is 17.3 Å². The molecule has 0 radical (unpaired) electrons. The van der Waals surface area contributed by atoms with E-state index < -0.39 is 0 Å². The third-order valence-corrected chi connectivity index (χ3v) is 6.36. The Morgan fingerprint density at radius 3 is 2.92 bits per heavy atom. The van der Waals surface area contributed by atoms with Gasteiger partial charge in [0.05, 0.1) is 17.7 Å². The van der Waals surface area contributed by atoms with Gasteiger partial charge in [-0.05, 0) is 44.8 Å². The van der Waals surface area contributed by atoms with Crippen LogP contribution in [0.1, 0.15) is 16.8 Å². The molecule has 0 aliphatic carbocycles. The third kappa shape index (κ3) is 5.16. The number of rotatable bonds is 6. The molecule has 0 unspecified atom stereocenters. The molecule has 5 rings (SSSR count). The molecule has 1 aromatic heterocycles. The maximum atomic E-state index is 13.2. The zero-order chi connectivity index (χ0) is 25.1. The SMILES string of the molecule is CN(C)C/C=C/C(=O)N1CCOc2cc(C(=O)N3CC[C@@H](Nc4ncc5ccccc5n4)C3)ccc21. The number of nitrogens with one attached hydrogen (secondary N) is 1. The highest BCUT2D eigenvalue weighted by Gasteiger charge is 2.29. The van der Waals surface area contributed by atoms with Crippen LogP contribution < -0.4 is 15.0 Å². The predicted molar refractivity (Wildman–Crippen MR) is 139 cm³/mol. The first-order valence-electron chi connectivity index (χ1n) is 12.1. The lowest BCUT2D eigenvalue weighted by Crippen LogP contribution is -2.37. The summed E-state index contributed by atoms with van der Waals surface area (Å²) in [6.45, 7) is 2.76. The maximum Gasteiger partial charge on any atom is 0.254 e. The number of ether oxygens (including phenoxy) is 1. The summed E-state index contributed by atoms with van der Waals surface area (Å²) in [6, 6.07) is 13.2. The molecule has 1 N–H and O–H groups in total. The molecular formula is C27H30N6O3. The molecule has 0 saturated carbocycles. The minimum absolute atomic E-state index is 0.0561. The van der Waals surface area contributed by atoms with E-state index in [1.807, 2.05) is 60.4 Å². The number of likely N-dealkylation sites (N-methyl/N-ethyl adjacent to an activating group) is 1. The van der Waals surface area contributed by atoms with Crippen LogP contribution in [-0.2, 0) is 4.79 Å². The number of para-hydroxylation sites is 1. The van der Waals surface area contributed by atoms with Gasteiger partial charge in [-0.25, -0.2) is 9.97 Å². The molecule has 3 heterocycles. The Balaban J connectivity index is 1.24. The molecule has 1 fully saturated rings. The van der Waals surface area contributed by atoms with Gasteiger partial charge in [-0.15, -0.1) is 0 Å². The normalized spacial score (nSPS) is 17.5. The zero-order valence-electron chi connectivity index (χ0n) is 20.6. The van der Waals surface area contributed by atoms with Gasteiger partial charge in [-0.2, -0.15) is 0 Å². The molecule has 0 spiro atoms. The number of anilines is 2. The Hall–Kier alpha value is -3.98. The summed E-state index contributed by atoms with van der Waals surface area (Å²) in [4.78, 5) is 40.4. The fourth-order valence-electron chi connectivity index (χ4n) is 4.51. The van der Waals surface area contributed by atoms with Crippen LogP contribution in [0.5, 0.6) is 5.75 Å². The van der Waals surface area contributed by atoms with E-state index >= 15 is 0 Å². The second kappa shape index (κ2) is 10.3. The molecule has 36 heavy (non-hydrogen) atoms. The second-order valence-corrected chi connectivity index (χ2v) is 9.32. The fourth-order valence-corrected chi connectivity index (χ4v) is 4.51. The molecule has 0 bridgehead atoms. The average Bonchev–Trinajstić information content (AvgIpc) is 3.35. The number of likely N-dealkylation sites (tertiary alicyclic amines) is 1. The highest BCUT2D eigenvalue weighted by atomic mass is 16.5. The summed E-state index contributed by atoms with van der Waals surface area (Å²) < 4.78 is 5.81. The number of hydrogen-bond donors (Lipinski definition) is 1. The zero-order valence-corrected chi connectivity index (χ0v) is 20.6. The Morgan fingerprint density at radius 2 is 2.06 bits per heavy atom. The minimum Gasteiger partial charge on any atom is -0.490 e. The Morgan fingerprint density at radius 1 is 1.19 bits per heavy atom. The van der Waals surface area contributed by atoms with Gasteiger partial charge in [-0.1, -0.05) is 24.3 Å². The monoisotopic (exact) mass is 486 g/mol. The molecule has 186 valence electrons. The first-order chi connectivity index (χ1) is 17.5. The van der Waals surface area contributed by atoms with E-state index in [2.05, 4.69) is 15.3 Å². The molecule has 2 aromatic carbocycles. The maximum absolute atomic E-state index is 13.2. The van der Waals surface area contributed by atoms with Crippen molar-refractivity contribution in [2.45, 2.75) is 12.5 Å². The van der Waals surface area contributed by atoms with Crippen molar-refractivity contribution in [1.29, 1.82) is 0 Å². The smallest absolute Gasteiger partial charge is 0.254 e. The number of nitrogens with zero attached hydrogens (tertiary/aromatic N) is 5. The summed E-state index contributed by atoms with van der Waals surface area (Å²) in [7, 11) is 3.90. The summed E-state index contributed by atoms with van der Waals surface area (Å²) in [5.41, 5.74) is 2.12. The van der Waals surface area contributed by atoms with Crippen molar-refractivity contribution in [3.05, 3.63) is 66.4 Å². The van der Waals surface area contributed by atoms with E-state index in [0.29, 0.717) is 55.7 Å². The third-order valence-electron chi connectivity index (χ3n) is 6.36. The summed E-state index contributed by atoms with van der Waals surface area (Å²) >= 11 is 0. The number of carbonyl (C=O) groups excluding carboxylic acids is 2. The standard InChI is InChI=1S/C27H30N6O3/c1-31(2)12-5-8-25(34)33-14-15-36-24-16-19(9-10-23(24)33)26(35)32-13-11-21(18-32)29-27-28-17-20-6-3-4-7-22(20)30-27/h3-10,16-17,21H,11-15,18H2,1-2H3,(H,28,29,30)/b8-5+/t21-/m1/s1. The van der Waals surface area contributed by atoms with E-state index in [4.69, 9.17) is 4.74 Å². The van der Waals surface area contributed by atoms with Crippen LogP contribution in [0.3, 0.4) is 0 Å². The highest BCUT2D eigenvalue weighted by Crippen LogP contribution is 2.33. The molecule has 2 amide bonds. The Labute approximate surface area is 210 Å². The van der Waals surface area contributed by atoms with Gasteiger partial charge in [0.1, 0.15) is 12.4 Å². The van der Waals surface area contributed by atoms with E-state index in [9.17, 15) is 9.59 Å². The lowest BCUT2D eigenvalue weighted by atomic mass is 10.1. The van der Waals surface area contributed by atoms with Crippen LogP contribution >= 0.6 is 0 Å². The molecule has 3 aromatic rings. The van der Waals surface area contributed by atoms with Crippen LogP contribution in [0.4, 0.5) is 11.6 Å². The van der Waals surface area contributed by atoms with Crippen LogP contribution in [0.25, 0.3) is 10.9 Å². The van der Waals surface area contributed by atoms with Crippen molar-refractivity contribution in [2.75, 3.05) is 57.1 Å². The largest absolute Gasteiger partial charge is 0.490 e. The number of fused-ring (bicyclic) bond motifs is 2. The van der Waals surface area contributed by atoms with Crippen molar-refractivity contribution in [3.8, 4) is 5.75 Å². The minimum atomic E-state index is -0.0927. The van der Waals surface area contributed by atoms with Crippen molar-refractivity contribution in [2.24, 2.45) is 0 Å². The van der Waals surface area contributed by atoms with Crippen molar-refractivity contribution >= 4 is 34.4 Å². The van der Waals surface area contributed by atoms with E-state index in [1.54, 1.807) is 29.2 Å². The molecule has 2 aliphatic rings. The van der Waals surface area contributed by atoms with Gasteiger partial charge in [0, 0.05) is 48.9 Å². The van der Waals surface area contributed by atoms with Gasteiger partial charge in [0.25, 0.3) is 11.8 Å². The van der Waals surface area contributed by atoms with Crippen LogP contribution in [0, 0.1) is 0 Å². The van der Waals surface area contributed by atoms with Gasteiger partial charge in [0.15, 0.2) is 0 Å². The van der Waals surface area contributed by atoms with Gasteiger partial charge in [-0.3, -0.25) is 9.59 Å². The average molecular weight is 487 g/mol. The van der Waals surface area contributed by atoms with E-state index in [1.165, 1.54) is 0 Å². The fraction of sp³-hybridized carbons (Fsp3) is 0.333. The molecular weight excluding hydrogens is 456 g/mol. The van der Waals surface area contributed by atoms with Gasteiger partial charge < -0.3 is 24.8 Å².